The number of nitrogens with one attached hydrogen (secondary N) is 2. The molecule has 1 saturated heterocycles. The van der Waals surface area contributed by atoms with Gasteiger partial charge in [-0.3, -0.25) is 9.69 Å². The quantitative estimate of drug-likeness (QED) is 0.454. The average molecular weight is 561 g/mol. The van der Waals surface area contributed by atoms with E-state index in [0.29, 0.717) is 25.9 Å². The Balaban J connectivity index is 1.79. The number of amides is 3. The standard InChI is InChI=1S/C24H28ClF3N4O4S/c1-2-37(35,36)21-8-7-18(25)10-17(21)12-30-22(33)15-5-6-16(20(11-15)24(26,27)28)13-32-9-3-4-19(14-32)31-23(29)34/h5-8,10-11,19H,2-4,9,12-14H2,1H3,(H,30,33)(H3,29,31,34)/t19-/m1/s1. The van der Waals surface area contributed by atoms with Crippen LogP contribution in [0.25, 0.3) is 0 Å². The molecule has 0 spiro atoms. The Morgan fingerprint density at radius 1 is 1.16 bits per heavy atom. The Morgan fingerprint density at radius 2 is 1.89 bits per heavy atom. The SMILES string of the molecule is CCS(=O)(=O)c1ccc(Cl)cc1CNC(=O)c1ccc(CN2CCC[C@@H](NC(N)=O)C2)c(C(F)(F)F)c1. The van der Waals surface area contributed by atoms with E-state index in [1.807, 2.05) is 0 Å². The van der Waals surface area contributed by atoms with Crippen LogP contribution in [0, 0.1) is 0 Å². The van der Waals surface area contributed by atoms with Crippen LogP contribution in [0.1, 0.15) is 46.8 Å². The molecule has 0 radical (unpaired) electrons. The lowest BCUT2D eigenvalue weighted by Crippen LogP contribution is -2.49. The number of rotatable bonds is 8. The second-order valence-corrected chi connectivity index (χ2v) is 11.5. The summed E-state index contributed by atoms with van der Waals surface area (Å²) >= 11 is 5.98. The minimum atomic E-state index is -4.71. The number of alkyl halides is 3. The van der Waals surface area contributed by atoms with Crippen LogP contribution in [-0.4, -0.2) is 50.1 Å². The van der Waals surface area contributed by atoms with Gasteiger partial charge in [-0.1, -0.05) is 24.6 Å². The number of nitrogens with zero attached hydrogens (tertiary/aromatic N) is 1. The molecular formula is C24H28ClF3N4O4S. The fourth-order valence-corrected chi connectivity index (χ4v) is 5.61. The average Bonchev–Trinajstić information content (AvgIpc) is 2.81. The normalized spacial score (nSPS) is 16.8. The molecule has 13 heteroatoms. The molecule has 1 atom stereocenters. The van der Waals surface area contributed by atoms with Crippen molar-refractivity contribution in [3.8, 4) is 0 Å². The van der Waals surface area contributed by atoms with Crippen molar-refractivity contribution < 1.29 is 31.2 Å². The van der Waals surface area contributed by atoms with Gasteiger partial charge < -0.3 is 16.4 Å². The van der Waals surface area contributed by atoms with E-state index in [-0.39, 0.29) is 51.5 Å². The highest BCUT2D eigenvalue weighted by Crippen LogP contribution is 2.34. The third kappa shape index (κ3) is 7.59. The van der Waals surface area contributed by atoms with E-state index in [9.17, 15) is 31.2 Å². The maximum absolute atomic E-state index is 13.9. The van der Waals surface area contributed by atoms with Gasteiger partial charge in [-0.2, -0.15) is 13.2 Å². The third-order valence-electron chi connectivity index (χ3n) is 6.10. The van der Waals surface area contributed by atoms with Gasteiger partial charge in [0.1, 0.15) is 0 Å². The Bertz CT molecular complexity index is 1270. The molecule has 0 aromatic heterocycles. The zero-order chi connectivity index (χ0) is 27.4. The highest BCUT2D eigenvalue weighted by atomic mass is 35.5. The van der Waals surface area contributed by atoms with Crippen molar-refractivity contribution in [3.63, 3.8) is 0 Å². The van der Waals surface area contributed by atoms with E-state index in [1.54, 1.807) is 4.90 Å². The number of nitrogens with two attached hydrogens (primary N) is 1. The molecule has 1 heterocycles. The van der Waals surface area contributed by atoms with E-state index in [1.165, 1.54) is 37.3 Å². The molecule has 37 heavy (non-hydrogen) atoms. The van der Waals surface area contributed by atoms with Crippen LogP contribution in [0.3, 0.4) is 0 Å². The molecule has 0 bridgehead atoms. The summed E-state index contributed by atoms with van der Waals surface area (Å²) in [6.45, 7) is 2.13. The molecule has 8 nitrogen and oxygen atoms in total. The monoisotopic (exact) mass is 560 g/mol. The fourth-order valence-electron chi connectivity index (χ4n) is 4.30. The topological polar surface area (TPSA) is 122 Å². The summed E-state index contributed by atoms with van der Waals surface area (Å²) in [4.78, 5) is 25.7. The van der Waals surface area contributed by atoms with Crippen molar-refractivity contribution in [1.82, 2.24) is 15.5 Å². The molecule has 2 aromatic carbocycles. The van der Waals surface area contributed by atoms with E-state index >= 15 is 0 Å². The highest BCUT2D eigenvalue weighted by molar-refractivity contribution is 7.91. The van der Waals surface area contributed by atoms with Gasteiger partial charge in [0.25, 0.3) is 5.91 Å². The highest BCUT2D eigenvalue weighted by Gasteiger charge is 2.35. The Labute approximate surface area is 218 Å². The minimum Gasteiger partial charge on any atom is -0.352 e. The predicted octanol–water partition coefficient (Wildman–Crippen LogP) is 3.72. The van der Waals surface area contributed by atoms with Gasteiger partial charge in [0.2, 0.25) is 0 Å². The number of carbonyl (C=O) groups excluding carboxylic acids is 2. The first-order valence-electron chi connectivity index (χ1n) is 11.6. The molecule has 2 aromatic rings. The summed E-state index contributed by atoms with van der Waals surface area (Å²) in [5.74, 6) is -0.955. The van der Waals surface area contributed by atoms with E-state index < -0.39 is 33.5 Å². The Morgan fingerprint density at radius 3 is 2.54 bits per heavy atom. The number of hydrogen-bond donors (Lipinski definition) is 3. The molecule has 3 rings (SSSR count). The lowest BCUT2D eigenvalue weighted by Gasteiger charge is -2.33. The molecule has 0 aliphatic carbocycles. The van der Waals surface area contributed by atoms with Crippen LogP contribution in [0.4, 0.5) is 18.0 Å². The molecule has 0 saturated carbocycles. The van der Waals surface area contributed by atoms with Crippen LogP contribution in [0.2, 0.25) is 5.02 Å². The zero-order valence-electron chi connectivity index (χ0n) is 20.1. The van der Waals surface area contributed by atoms with E-state index in [0.717, 1.165) is 6.07 Å². The summed E-state index contributed by atoms with van der Waals surface area (Å²) in [5, 5.41) is 5.34. The second kappa shape index (κ2) is 11.7. The molecule has 1 fully saturated rings. The number of piperidine rings is 1. The van der Waals surface area contributed by atoms with Crippen LogP contribution < -0.4 is 16.4 Å². The largest absolute Gasteiger partial charge is 0.416 e. The van der Waals surface area contributed by atoms with Crippen molar-refractivity contribution >= 4 is 33.4 Å². The molecule has 1 aliphatic heterocycles. The van der Waals surface area contributed by atoms with Crippen molar-refractivity contribution in [3.05, 3.63) is 63.7 Å². The summed E-state index contributed by atoms with van der Waals surface area (Å²) in [6.07, 6.45) is -3.34. The summed E-state index contributed by atoms with van der Waals surface area (Å²) in [5.41, 5.74) is 4.23. The fraction of sp³-hybridized carbons (Fsp3) is 0.417. The maximum atomic E-state index is 13.9. The summed E-state index contributed by atoms with van der Waals surface area (Å²) < 4.78 is 66.5. The van der Waals surface area contributed by atoms with Crippen LogP contribution in [-0.2, 0) is 29.1 Å². The van der Waals surface area contributed by atoms with Gasteiger partial charge >= 0.3 is 12.2 Å². The van der Waals surface area contributed by atoms with Crippen LogP contribution >= 0.6 is 11.6 Å². The predicted molar refractivity (Wildman–Crippen MR) is 133 cm³/mol. The van der Waals surface area contributed by atoms with E-state index in [4.69, 9.17) is 17.3 Å². The van der Waals surface area contributed by atoms with Gasteiger partial charge in [-0.15, -0.1) is 0 Å². The number of hydrogen-bond acceptors (Lipinski definition) is 5. The molecule has 1 aliphatic rings. The Hall–Kier alpha value is -2.83. The number of carbonyl (C=O) groups is 2. The van der Waals surface area contributed by atoms with Crippen LogP contribution in [0.5, 0.6) is 0 Å². The summed E-state index contributed by atoms with van der Waals surface area (Å²) in [6, 6.07) is 6.55. The van der Waals surface area contributed by atoms with Crippen molar-refractivity contribution in [1.29, 1.82) is 0 Å². The molecule has 4 N–H and O–H groups in total. The summed E-state index contributed by atoms with van der Waals surface area (Å²) in [7, 11) is -3.61. The van der Waals surface area contributed by atoms with Crippen molar-refractivity contribution in [2.75, 3.05) is 18.8 Å². The van der Waals surface area contributed by atoms with Crippen molar-refractivity contribution in [2.24, 2.45) is 5.73 Å². The lowest BCUT2D eigenvalue weighted by molar-refractivity contribution is -0.138. The van der Waals surface area contributed by atoms with Gasteiger partial charge in [0, 0.05) is 36.3 Å². The first kappa shape index (κ1) is 28.7. The zero-order valence-corrected chi connectivity index (χ0v) is 21.6. The second-order valence-electron chi connectivity index (χ2n) is 8.79. The number of sulfone groups is 1. The number of primary amides is 1. The molecule has 3 amide bonds. The number of likely N-dealkylation sites (tertiary alicyclic amines) is 1. The van der Waals surface area contributed by atoms with Gasteiger partial charge in [0.05, 0.1) is 16.2 Å². The number of urea groups is 1. The first-order valence-corrected chi connectivity index (χ1v) is 13.6. The van der Waals surface area contributed by atoms with E-state index in [2.05, 4.69) is 10.6 Å². The first-order chi connectivity index (χ1) is 17.3. The Kier molecular flexibility index (Phi) is 9.09. The van der Waals surface area contributed by atoms with Crippen molar-refractivity contribution in [2.45, 2.75) is 50.0 Å². The van der Waals surface area contributed by atoms with Gasteiger partial charge in [0.15, 0.2) is 9.84 Å². The molecular weight excluding hydrogens is 533 g/mol. The van der Waals surface area contributed by atoms with Gasteiger partial charge in [-0.25, -0.2) is 13.2 Å². The lowest BCUT2D eigenvalue weighted by atomic mass is 10.00. The smallest absolute Gasteiger partial charge is 0.352 e. The van der Waals surface area contributed by atoms with Gasteiger partial charge in [-0.05, 0) is 60.8 Å². The number of benzene rings is 2. The molecule has 202 valence electrons. The van der Waals surface area contributed by atoms with Crippen LogP contribution in [0.15, 0.2) is 41.3 Å². The number of halogens is 4. The third-order valence-corrected chi connectivity index (χ3v) is 8.16. The minimum absolute atomic E-state index is 0.00307. The molecule has 0 unspecified atom stereocenters. The maximum Gasteiger partial charge on any atom is 0.416 e.